The van der Waals surface area contributed by atoms with Crippen molar-refractivity contribution < 1.29 is 28.6 Å². The molecule has 0 spiro atoms. The van der Waals surface area contributed by atoms with E-state index in [9.17, 15) is 14.4 Å². The maximum atomic E-state index is 11.6. The minimum absolute atomic E-state index is 0.119. The monoisotopic (exact) mass is 274 g/mol. The molecule has 0 aliphatic carbocycles. The van der Waals surface area contributed by atoms with E-state index in [0.717, 1.165) is 0 Å². The van der Waals surface area contributed by atoms with Crippen LogP contribution in [0.3, 0.4) is 0 Å². The lowest BCUT2D eigenvalue weighted by Crippen LogP contribution is -2.25. The Labute approximate surface area is 113 Å². The van der Waals surface area contributed by atoms with E-state index >= 15 is 0 Å². The normalized spacial score (nSPS) is 13.3. The summed E-state index contributed by atoms with van der Waals surface area (Å²) in [6.45, 7) is 1.84. The average Bonchev–Trinajstić information content (AvgIpc) is 2.45. The van der Waals surface area contributed by atoms with Crippen LogP contribution in [0.15, 0.2) is 0 Å². The third-order valence-corrected chi connectivity index (χ3v) is 3.06. The Morgan fingerprint density at radius 2 is 1.42 bits per heavy atom. The van der Waals surface area contributed by atoms with Crippen molar-refractivity contribution in [2.75, 3.05) is 21.3 Å². The van der Waals surface area contributed by atoms with Gasteiger partial charge in [0.2, 0.25) is 0 Å². The molecule has 0 radical (unpaired) electrons. The van der Waals surface area contributed by atoms with Crippen molar-refractivity contribution in [1.82, 2.24) is 0 Å². The molecular weight excluding hydrogens is 252 g/mol. The minimum Gasteiger partial charge on any atom is -0.469 e. The van der Waals surface area contributed by atoms with Crippen molar-refractivity contribution in [3.05, 3.63) is 0 Å². The molecule has 0 aromatic heterocycles. The van der Waals surface area contributed by atoms with Gasteiger partial charge in [-0.15, -0.1) is 0 Å². The summed E-state index contributed by atoms with van der Waals surface area (Å²) in [4.78, 5) is 34.3. The van der Waals surface area contributed by atoms with Gasteiger partial charge in [-0.2, -0.15) is 0 Å². The molecule has 0 rings (SSSR count). The molecule has 6 heteroatoms. The molecule has 0 saturated heterocycles. The van der Waals surface area contributed by atoms with E-state index in [1.54, 1.807) is 0 Å². The third-order valence-electron chi connectivity index (χ3n) is 3.06. The highest BCUT2D eigenvalue weighted by molar-refractivity contribution is 5.76. The predicted molar refractivity (Wildman–Crippen MR) is 67.2 cm³/mol. The van der Waals surface area contributed by atoms with Gasteiger partial charge in [-0.3, -0.25) is 14.4 Å². The van der Waals surface area contributed by atoms with Crippen molar-refractivity contribution in [3.8, 4) is 0 Å². The van der Waals surface area contributed by atoms with Gasteiger partial charge in [0.15, 0.2) is 0 Å². The molecule has 2 unspecified atom stereocenters. The highest BCUT2D eigenvalue weighted by atomic mass is 16.5. The van der Waals surface area contributed by atoms with E-state index in [-0.39, 0.29) is 24.3 Å². The first-order chi connectivity index (χ1) is 8.99. The number of ether oxygens (including phenoxy) is 3. The van der Waals surface area contributed by atoms with Gasteiger partial charge in [0.05, 0.1) is 33.2 Å². The maximum Gasteiger partial charge on any atom is 0.308 e. The van der Waals surface area contributed by atoms with Crippen molar-refractivity contribution >= 4 is 17.9 Å². The molecule has 0 saturated carbocycles. The number of hydrogen-bond donors (Lipinski definition) is 0. The van der Waals surface area contributed by atoms with E-state index in [0.29, 0.717) is 19.3 Å². The Balaban J connectivity index is 4.61. The topological polar surface area (TPSA) is 78.9 Å². The zero-order valence-electron chi connectivity index (χ0n) is 11.9. The first-order valence-corrected chi connectivity index (χ1v) is 6.22. The summed E-state index contributed by atoms with van der Waals surface area (Å²) in [6, 6.07) is 0. The van der Waals surface area contributed by atoms with Crippen LogP contribution >= 0.6 is 0 Å². The Morgan fingerprint density at radius 3 is 1.84 bits per heavy atom. The molecule has 6 nitrogen and oxygen atoms in total. The van der Waals surface area contributed by atoms with Crippen LogP contribution in [0, 0.1) is 11.8 Å². The molecule has 0 aromatic carbocycles. The van der Waals surface area contributed by atoms with Gasteiger partial charge in [-0.25, -0.2) is 0 Å². The van der Waals surface area contributed by atoms with Crippen molar-refractivity contribution in [3.63, 3.8) is 0 Å². The van der Waals surface area contributed by atoms with E-state index in [1.807, 2.05) is 6.92 Å². The van der Waals surface area contributed by atoms with Crippen LogP contribution in [-0.4, -0.2) is 39.2 Å². The number of methoxy groups -OCH3 is 3. The second kappa shape index (κ2) is 9.35. The summed E-state index contributed by atoms with van der Waals surface area (Å²) in [5.41, 5.74) is 0. The predicted octanol–water partition coefficient (Wildman–Crippen LogP) is 1.32. The summed E-state index contributed by atoms with van der Waals surface area (Å²) in [7, 11) is 3.89. The highest BCUT2D eigenvalue weighted by Crippen LogP contribution is 2.22. The van der Waals surface area contributed by atoms with Crippen LogP contribution in [0.1, 0.15) is 32.6 Å². The number of esters is 3. The largest absolute Gasteiger partial charge is 0.469 e. The smallest absolute Gasteiger partial charge is 0.308 e. The quantitative estimate of drug-likeness (QED) is 0.490. The molecule has 0 bridgehead atoms. The van der Waals surface area contributed by atoms with Gasteiger partial charge in [0.25, 0.3) is 0 Å². The number of rotatable bonds is 8. The van der Waals surface area contributed by atoms with Gasteiger partial charge in [-0.05, 0) is 19.3 Å². The highest BCUT2D eigenvalue weighted by Gasteiger charge is 2.28. The first kappa shape index (κ1) is 17.4. The van der Waals surface area contributed by atoms with Gasteiger partial charge in [-0.1, -0.05) is 6.92 Å². The Kier molecular flexibility index (Phi) is 8.57. The number of carbonyl (C=O) groups is 3. The molecule has 110 valence electrons. The van der Waals surface area contributed by atoms with Crippen LogP contribution < -0.4 is 0 Å². The van der Waals surface area contributed by atoms with Crippen LogP contribution in [0.5, 0.6) is 0 Å². The molecule has 19 heavy (non-hydrogen) atoms. The van der Waals surface area contributed by atoms with E-state index in [1.165, 1.54) is 21.3 Å². The van der Waals surface area contributed by atoms with Gasteiger partial charge >= 0.3 is 17.9 Å². The lowest BCUT2D eigenvalue weighted by Gasteiger charge is -2.19. The van der Waals surface area contributed by atoms with E-state index in [4.69, 9.17) is 4.74 Å². The molecule has 0 aliphatic heterocycles. The molecule has 2 atom stereocenters. The second-order valence-corrected chi connectivity index (χ2v) is 4.20. The van der Waals surface area contributed by atoms with Gasteiger partial charge in [0, 0.05) is 6.42 Å². The van der Waals surface area contributed by atoms with E-state index < -0.39 is 11.9 Å². The zero-order valence-corrected chi connectivity index (χ0v) is 11.9. The van der Waals surface area contributed by atoms with Gasteiger partial charge in [0.1, 0.15) is 0 Å². The van der Waals surface area contributed by atoms with Crippen LogP contribution in [0.4, 0.5) is 0 Å². The third kappa shape index (κ3) is 6.22. The standard InChI is InChI=1S/C13H22O6/c1-5-9(12(15)18-3)8-10(13(16)19-4)6-7-11(14)17-2/h9-10H,5-8H2,1-4H3. The second-order valence-electron chi connectivity index (χ2n) is 4.20. The first-order valence-electron chi connectivity index (χ1n) is 6.22. The van der Waals surface area contributed by atoms with Crippen molar-refractivity contribution in [1.29, 1.82) is 0 Å². The Hall–Kier alpha value is -1.59. The van der Waals surface area contributed by atoms with Crippen molar-refractivity contribution in [2.45, 2.75) is 32.6 Å². The SMILES string of the molecule is CCC(CC(CCC(=O)OC)C(=O)OC)C(=O)OC. The Morgan fingerprint density at radius 1 is 0.895 bits per heavy atom. The van der Waals surface area contributed by atoms with Gasteiger partial charge < -0.3 is 14.2 Å². The fraction of sp³-hybridized carbons (Fsp3) is 0.769. The summed E-state index contributed by atoms with van der Waals surface area (Å²) in [6.07, 6.45) is 1.30. The summed E-state index contributed by atoms with van der Waals surface area (Å²) in [5.74, 6) is -2.04. The molecular formula is C13H22O6. The summed E-state index contributed by atoms with van der Waals surface area (Å²) < 4.78 is 13.9. The molecule has 0 aliphatic rings. The van der Waals surface area contributed by atoms with Crippen LogP contribution in [-0.2, 0) is 28.6 Å². The van der Waals surface area contributed by atoms with Crippen LogP contribution in [0.25, 0.3) is 0 Å². The fourth-order valence-electron chi connectivity index (χ4n) is 1.83. The zero-order chi connectivity index (χ0) is 14.8. The molecule has 0 N–H and O–H groups in total. The number of hydrogen-bond acceptors (Lipinski definition) is 6. The molecule has 0 heterocycles. The van der Waals surface area contributed by atoms with Crippen LogP contribution in [0.2, 0.25) is 0 Å². The molecule has 0 aromatic rings. The maximum absolute atomic E-state index is 11.6. The van der Waals surface area contributed by atoms with Crippen molar-refractivity contribution in [2.24, 2.45) is 11.8 Å². The lowest BCUT2D eigenvalue weighted by molar-refractivity contribution is -0.150. The lowest BCUT2D eigenvalue weighted by atomic mass is 9.89. The fourth-order valence-corrected chi connectivity index (χ4v) is 1.83. The average molecular weight is 274 g/mol. The molecule has 0 fully saturated rings. The molecule has 0 amide bonds. The summed E-state index contributed by atoms with van der Waals surface area (Å²) in [5, 5.41) is 0. The number of carbonyl (C=O) groups excluding carboxylic acids is 3. The Bertz CT molecular complexity index is 312. The summed E-state index contributed by atoms with van der Waals surface area (Å²) >= 11 is 0. The van der Waals surface area contributed by atoms with E-state index in [2.05, 4.69) is 9.47 Å². The minimum atomic E-state index is -0.506.